The third kappa shape index (κ3) is 6.57. The number of hydrogen-bond acceptors (Lipinski definition) is 6. The first kappa shape index (κ1) is 26.2. The van der Waals surface area contributed by atoms with Gasteiger partial charge < -0.3 is 10.5 Å². The van der Waals surface area contributed by atoms with Crippen LogP contribution in [0.25, 0.3) is 0 Å². The summed E-state index contributed by atoms with van der Waals surface area (Å²) in [4.78, 5) is 4.32. The van der Waals surface area contributed by atoms with Gasteiger partial charge in [0, 0.05) is 10.9 Å². The number of pyridine rings is 1. The minimum absolute atomic E-state index is 0.0227. The number of nitrogens with zero attached hydrogens (tertiary/aromatic N) is 4. The summed E-state index contributed by atoms with van der Waals surface area (Å²) in [5.41, 5.74) is 6.81. The molecule has 2 aromatic carbocycles. The Hall–Kier alpha value is -3.45. The van der Waals surface area contributed by atoms with Crippen molar-refractivity contribution in [2.24, 2.45) is 10.2 Å². The number of aromatic nitrogens is 1. The molecular weight excluding hydrogens is 523 g/mol. The maximum absolute atomic E-state index is 13.4. The van der Waals surface area contributed by atoms with Gasteiger partial charge >= 0.3 is 6.18 Å². The van der Waals surface area contributed by atoms with Crippen LogP contribution < -0.4 is 10.5 Å². The summed E-state index contributed by atoms with van der Waals surface area (Å²) in [6.07, 6.45) is -2.26. The molecule has 0 radical (unpaired) electrons. The molecule has 0 amide bonds. The van der Waals surface area contributed by atoms with E-state index in [1.807, 2.05) is 24.3 Å². The third-order valence-electron chi connectivity index (χ3n) is 5.21. The molecule has 35 heavy (non-hydrogen) atoms. The lowest BCUT2D eigenvalue weighted by Crippen LogP contribution is -2.05. The molecule has 0 spiro atoms. The largest absolute Gasteiger partial charge is 0.494 e. The van der Waals surface area contributed by atoms with Crippen molar-refractivity contribution in [1.82, 2.24) is 4.98 Å². The molecule has 0 bridgehead atoms. The number of nitriles is 1. The Morgan fingerprint density at radius 1 is 1.14 bits per heavy atom. The SMILES string of the molecule is CCCCOc1ccc(Cc2nc(N)c(N=Nc3ccc(Br)cc3C(F)(F)F)c(C)c2C#N)cc1. The second kappa shape index (κ2) is 11.3. The van der Waals surface area contributed by atoms with Crippen LogP contribution in [0, 0.1) is 18.3 Å². The Morgan fingerprint density at radius 2 is 1.86 bits per heavy atom. The lowest BCUT2D eigenvalue weighted by molar-refractivity contribution is -0.137. The van der Waals surface area contributed by atoms with Crippen LogP contribution in [-0.2, 0) is 12.6 Å². The van der Waals surface area contributed by atoms with Gasteiger partial charge in [0.15, 0.2) is 5.82 Å². The van der Waals surface area contributed by atoms with Gasteiger partial charge in [0.1, 0.15) is 17.5 Å². The Kier molecular flexibility index (Phi) is 8.46. The van der Waals surface area contributed by atoms with E-state index in [-0.39, 0.29) is 27.2 Å². The first-order valence-corrected chi connectivity index (χ1v) is 11.6. The van der Waals surface area contributed by atoms with Gasteiger partial charge in [-0.2, -0.15) is 18.4 Å². The van der Waals surface area contributed by atoms with Crippen molar-refractivity contribution in [2.45, 2.75) is 39.3 Å². The fourth-order valence-corrected chi connectivity index (χ4v) is 3.70. The average molecular weight is 546 g/mol. The molecule has 0 aliphatic heterocycles. The zero-order valence-corrected chi connectivity index (χ0v) is 20.7. The van der Waals surface area contributed by atoms with Crippen molar-refractivity contribution in [3.05, 3.63) is 74.9 Å². The van der Waals surface area contributed by atoms with Crippen molar-refractivity contribution >= 4 is 33.1 Å². The molecule has 0 unspecified atom stereocenters. The Balaban J connectivity index is 1.89. The highest BCUT2D eigenvalue weighted by Crippen LogP contribution is 2.39. The minimum Gasteiger partial charge on any atom is -0.494 e. The van der Waals surface area contributed by atoms with Crippen LogP contribution in [0.5, 0.6) is 5.75 Å². The maximum atomic E-state index is 13.4. The van der Waals surface area contributed by atoms with E-state index in [4.69, 9.17) is 10.5 Å². The Bertz CT molecular complexity index is 1270. The van der Waals surface area contributed by atoms with Crippen LogP contribution in [0.15, 0.2) is 57.2 Å². The van der Waals surface area contributed by atoms with Crippen LogP contribution in [-0.4, -0.2) is 11.6 Å². The van der Waals surface area contributed by atoms with Gasteiger partial charge in [-0.05, 0) is 54.8 Å². The Labute approximate surface area is 209 Å². The van der Waals surface area contributed by atoms with Crippen LogP contribution >= 0.6 is 15.9 Å². The number of benzene rings is 2. The summed E-state index contributed by atoms with van der Waals surface area (Å²) >= 11 is 3.03. The number of nitrogen functional groups attached to an aromatic ring is 1. The number of unbranched alkanes of at least 4 members (excludes halogenated alkanes) is 1. The number of hydrogen-bond donors (Lipinski definition) is 1. The van der Waals surface area contributed by atoms with Crippen molar-refractivity contribution in [3.63, 3.8) is 0 Å². The quantitative estimate of drug-likeness (QED) is 0.230. The summed E-state index contributed by atoms with van der Waals surface area (Å²) in [6.45, 7) is 4.35. The van der Waals surface area contributed by atoms with Crippen molar-refractivity contribution in [1.29, 1.82) is 5.26 Å². The molecule has 0 aliphatic rings. The van der Waals surface area contributed by atoms with E-state index in [9.17, 15) is 18.4 Å². The first-order chi connectivity index (χ1) is 16.6. The Morgan fingerprint density at radius 3 is 2.49 bits per heavy atom. The van der Waals surface area contributed by atoms with E-state index in [2.05, 4.69) is 44.1 Å². The van der Waals surface area contributed by atoms with E-state index in [0.29, 0.717) is 24.3 Å². The van der Waals surface area contributed by atoms with Gasteiger partial charge in [0.05, 0.1) is 29.1 Å². The maximum Gasteiger partial charge on any atom is 0.418 e. The second-order valence-electron chi connectivity index (χ2n) is 7.79. The summed E-state index contributed by atoms with van der Waals surface area (Å²) in [5, 5.41) is 17.5. The summed E-state index contributed by atoms with van der Waals surface area (Å²) < 4.78 is 46.1. The van der Waals surface area contributed by atoms with Gasteiger partial charge in [0.2, 0.25) is 0 Å². The predicted octanol–water partition coefficient (Wildman–Crippen LogP) is 7.81. The zero-order valence-electron chi connectivity index (χ0n) is 19.2. The number of azo groups is 1. The van der Waals surface area contributed by atoms with Gasteiger partial charge in [0.25, 0.3) is 0 Å². The normalized spacial score (nSPS) is 11.6. The van der Waals surface area contributed by atoms with E-state index in [0.717, 1.165) is 30.2 Å². The van der Waals surface area contributed by atoms with Crippen molar-refractivity contribution in [2.75, 3.05) is 12.3 Å². The number of anilines is 1. The highest BCUT2D eigenvalue weighted by Gasteiger charge is 2.34. The second-order valence-corrected chi connectivity index (χ2v) is 8.70. The highest BCUT2D eigenvalue weighted by atomic mass is 79.9. The molecule has 182 valence electrons. The lowest BCUT2D eigenvalue weighted by atomic mass is 10.0. The molecule has 0 saturated heterocycles. The zero-order chi connectivity index (χ0) is 25.6. The van der Waals surface area contributed by atoms with E-state index < -0.39 is 11.7 Å². The summed E-state index contributed by atoms with van der Waals surface area (Å²) in [5.74, 6) is 0.735. The standard InChI is InChI=1S/C25H23BrF3N5O/c1-3-4-11-35-18-8-5-16(6-9-18)12-22-19(14-30)15(2)23(24(31)32-22)34-33-21-10-7-17(26)13-20(21)25(27,28)29/h5-10,13H,3-4,11-12H2,1-2H3,(H2,31,32). The van der Waals surface area contributed by atoms with Crippen molar-refractivity contribution in [3.8, 4) is 11.8 Å². The number of halogens is 4. The van der Waals surface area contributed by atoms with E-state index in [1.54, 1.807) is 6.92 Å². The van der Waals surface area contributed by atoms with E-state index >= 15 is 0 Å². The van der Waals surface area contributed by atoms with Gasteiger partial charge in [-0.25, -0.2) is 4.98 Å². The molecule has 10 heteroatoms. The number of rotatable bonds is 8. The molecule has 6 nitrogen and oxygen atoms in total. The summed E-state index contributed by atoms with van der Waals surface area (Å²) in [6, 6.07) is 13.1. The number of nitrogens with two attached hydrogens (primary N) is 1. The van der Waals surface area contributed by atoms with Crippen LogP contribution in [0.1, 0.15) is 47.7 Å². The fourth-order valence-electron chi connectivity index (χ4n) is 3.34. The van der Waals surface area contributed by atoms with Crippen LogP contribution in [0.4, 0.5) is 30.4 Å². The highest BCUT2D eigenvalue weighted by molar-refractivity contribution is 9.10. The monoisotopic (exact) mass is 545 g/mol. The fraction of sp³-hybridized carbons (Fsp3) is 0.280. The molecule has 3 aromatic rings. The van der Waals surface area contributed by atoms with E-state index in [1.165, 1.54) is 12.1 Å². The molecule has 0 fully saturated rings. The average Bonchev–Trinajstić information content (AvgIpc) is 2.80. The molecule has 0 atom stereocenters. The molecule has 0 aliphatic carbocycles. The van der Waals surface area contributed by atoms with Gasteiger partial charge in [-0.3, -0.25) is 0 Å². The molecular formula is C25H23BrF3N5O. The first-order valence-electron chi connectivity index (χ1n) is 10.8. The van der Waals surface area contributed by atoms with Gasteiger partial charge in [-0.1, -0.05) is 41.4 Å². The van der Waals surface area contributed by atoms with Crippen LogP contribution in [0.3, 0.4) is 0 Å². The topological polar surface area (TPSA) is 96.7 Å². The number of ether oxygens (including phenoxy) is 1. The molecule has 2 N–H and O–H groups in total. The third-order valence-corrected chi connectivity index (χ3v) is 5.71. The van der Waals surface area contributed by atoms with Crippen LogP contribution in [0.2, 0.25) is 0 Å². The molecule has 1 aromatic heterocycles. The van der Waals surface area contributed by atoms with Gasteiger partial charge in [-0.15, -0.1) is 10.2 Å². The molecule has 0 saturated carbocycles. The van der Waals surface area contributed by atoms with Crippen molar-refractivity contribution < 1.29 is 17.9 Å². The molecule has 3 rings (SSSR count). The number of alkyl halides is 3. The molecule has 1 heterocycles. The smallest absolute Gasteiger partial charge is 0.418 e. The predicted molar refractivity (Wildman–Crippen MR) is 131 cm³/mol. The minimum atomic E-state index is -4.62. The summed E-state index contributed by atoms with van der Waals surface area (Å²) in [7, 11) is 0. The lowest BCUT2D eigenvalue weighted by Gasteiger charge is -2.12.